The molecular formula is C21H22N4O3. The second-order valence-corrected chi connectivity index (χ2v) is 7.27. The molecule has 2 heterocycles. The lowest BCUT2D eigenvalue weighted by molar-refractivity contribution is -0.143. The number of aromatic nitrogens is 2. The Balaban J connectivity index is 1.37. The van der Waals surface area contributed by atoms with Gasteiger partial charge in [-0.2, -0.15) is 0 Å². The minimum Gasteiger partial charge on any atom is -0.348 e. The number of imidazole rings is 1. The molecule has 28 heavy (non-hydrogen) atoms. The molecule has 1 aromatic heterocycles. The molecule has 2 aromatic rings. The van der Waals surface area contributed by atoms with Gasteiger partial charge in [0, 0.05) is 18.1 Å². The van der Waals surface area contributed by atoms with Gasteiger partial charge in [-0.3, -0.25) is 19.3 Å². The van der Waals surface area contributed by atoms with Crippen molar-refractivity contribution in [2.45, 2.75) is 25.8 Å². The summed E-state index contributed by atoms with van der Waals surface area (Å²) in [5.41, 5.74) is 1.92. The van der Waals surface area contributed by atoms with Crippen LogP contribution in [-0.4, -0.2) is 38.7 Å². The molecule has 3 atom stereocenters. The first kappa shape index (κ1) is 18.2. The number of carbonyl (C=O) groups is 3. The summed E-state index contributed by atoms with van der Waals surface area (Å²) >= 11 is 0. The lowest BCUT2D eigenvalue weighted by atomic mass is 9.85. The van der Waals surface area contributed by atoms with Crippen LogP contribution in [-0.2, 0) is 14.4 Å². The molecule has 0 bridgehead atoms. The van der Waals surface area contributed by atoms with Crippen molar-refractivity contribution in [2.24, 2.45) is 11.8 Å². The molecule has 3 amide bonds. The number of fused-ring (bicyclic) bond motifs is 1. The van der Waals surface area contributed by atoms with E-state index in [1.807, 2.05) is 54.1 Å². The van der Waals surface area contributed by atoms with E-state index in [1.54, 1.807) is 12.5 Å². The van der Waals surface area contributed by atoms with E-state index in [-0.39, 0.29) is 42.1 Å². The fraction of sp³-hybridized carbons (Fsp3) is 0.333. The van der Waals surface area contributed by atoms with Gasteiger partial charge < -0.3 is 9.88 Å². The van der Waals surface area contributed by atoms with Crippen LogP contribution in [0.4, 0.5) is 0 Å². The molecule has 0 spiro atoms. The predicted octanol–water partition coefficient (Wildman–Crippen LogP) is 2.00. The molecule has 1 aromatic carbocycles. The van der Waals surface area contributed by atoms with Crippen molar-refractivity contribution < 1.29 is 14.4 Å². The van der Waals surface area contributed by atoms with Crippen LogP contribution in [0.15, 0.2) is 55.1 Å². The Kier molecular flexibility index (Phi) is 4.81. The zero-order valence-corrected chi connectivity index (χ0v) is 15.6. The van der Waals surface area contributed by atoms with Crippen LogP contribution in [0.25, 0.3) is 5.69 Å². The molecule has 0 saturated carbocycles. The van der Waals surface area contributed by atoms with Gasteiger partial charge in [-0.15, -0.1) is 0 Å². The highest BCUT2D eigenvalue weighted by molar-refractivity contribution is 6.07. The number of carbonyl (C=O) groups excluding carboxylic acids is 3. The zero-order chi connectivity index (χ0) is 19.7. The predicted molar refractivity (Wildman–Crippen MR) is 102 cm³/mol. The fourth-order valence-electron chi connectivity index (χ4n) is 3.89. The SMILES string of the molecule is C[C@@H](NC(=O)CN1C(=O)[C@H]2CC=CC[C@H]2C1=O)c1ccc(-n2ccnc2)cc1. The molecule has 1 fully saturated rings. The summed E-state index contributed by atoms with van der Waals surface area (Å²) in [5, 5.41) is 2.88. The minimum absolute atomic E-state index is 0.220. The molecule has 0 radical (unpaired) electrons. The number of benzene rings is 1. The minimum atomic E-state index is -0.334. The van der Waals surface area contributed by atoms with Gasteiger partial charge in [0.25, 0.3) is 0 Å². The van der Waals surface area contributed by atoms with Gasteiger partial charge in [-0.05, 0) is 37.5 Å². The van der Waals surface area contributed by atoms with Gasteiger partial charge >= 0.3 is 0 Å². The second kappa shape index (κ2) is 7.42. The summed E-state index contributed by atoms with van der Waals surface area (Å²) < 4.78 is 1.89. The third-order valence-corrected chi connectivity index (χ3v) is 5.47. The third-order valence-electron chi connectivity index (χ3n) is 5.47. The first-order chi connectivity index (χ1) is 13.5. The Hall–Kier alpha value is -3.22. The Labute approximate surface area is 163 Å². The first-order valence-electron chi connectivity index (χ1n) is 9.42. The average molecular weight is 378 g/mol. The summed E-state index contributed by atoms with van der Waals surface area (Å²) in [6.07, 6.45) is 10.3. The quantitative estimate of drug-likeness (QED) is 0.637. The molecule has 7 heteroatoms. The highest BCUT2D eigenvalue weighted by Gasteiger charge is 2.47. The van der Waals surface area contributed by atoms with E-state index >= 15 is 0 Å². The normalized spacial score (nSPS) is 22.2. The van der Waals surface area contributed by atoms with E-state index < -0.39 is 0 Å². The number of nitrogens with zero attached hydrogens (tertiary/aromatic N) is 3. The number of allylic oxidation sites excluding steroid dienone is 2. The average Bonchev–Trinajstić information content (AvgIpc) is 3.32. The Morgan fingerprint density at radius 2 is 1.79 bits per heavy atom. The molecule has 4 rings (SSSR count). The largest absolute Gasteiger partial charge is 0.348 e. The van der Waals surface area contributed by atoms with Gasteiger partial charge in [0.05, 0.1) is 24.2 Å². The van der Waals surface area contributed by atoms with Crippen molar-refractivity contribution in [1.29, 1.82) is 0 Å². The number of likely N-dealkylation sites (tertiary alicyclic amines) is 1. The maximum atomic E-state index is 12.5. The number of amides is 3. The highest BCUT2D eigenvalue weighted by Crippen LogP contribution is 2.34. The van der Waals surface area contributed by atoms with Crippen LogP contribution in [0.5, 0.6) is 0 Å². The number of nitrogens with one attached hydrogen (secondary N) is 1. The molecule has 1 N–H and O–H groups in total. The monoisotopic (exact) mass is 378 g/mol. The molecule has 1 aliphatic carbocycles. The molecule has 1 aliphatic heterocycles. The zero-order valence-electron chi connectivity index (χ0n) is 15.6. The van der Waals surface area contributed by atoms with Gasteiger partial charge in [0.15, 0.2) is 0 Å². The van der Waals surface area contributed by atoms with Crippen LogP contribution in [0.3, 0.4) is 0 Å². The summed E-state index contributed by atoms with van der Waals surface area (Å²) in [5.74, 6) is -1.41. The van der Waals surface area contributed by atoms with Crippen LogP contribution in [0.1, 0.15) is 31.4 Å². The molecule has 1 saturated heterocycles. The fourth-order valence-corrected chi connectivity index (χ4v) is 3.89. The van der Waals surface area contributed by atoms with Crippen LogP contribution < -0.4 is 5.32 Å². The smallest absolute Gasteiger partial charge is 0.240 e. The summed E-state index contributed by atoms with van der Waals surface area (Å²) in [6.45, 7) is 1.66. The van der Waals surface area contributed by atoms with E-state index in [1.165, 1.54) is 0 Å². The van der Waals surface area contributed by atoms with Gasteiger partial charge in [0.2, 0.25) is 17.7 Å². The molecule has 2 aliphatic rings. The van der Waals surface area contributed by atoms with Crippen molar-refractivity contribution in [3.05, 3.63) is 60.7 Å². The Morgan fingerprint density at radius 1 is 1.14 bits per heavy atom. The van der Waals surface area contributed by atoms with Crippen molar-refractivity contribution in [3.63, 3.8) is 0 Å². The van der Waals surface area contributed by atoms with Crippen LogP contribution in [0, 0.1) is 11.8 Å². The number of rotatable bonds is 5. The van der Waals surface area contributed by atoms with Crippen molar-refractivity contribution in [1.82, 2.24) is 19.8 Å². The van der Waals surface area contributed by atoms with E-state index in [0.29, 0.717) is 12.8 Å². The lowest BCUT2D eigenvalue weighted by Gasteiger charge is -2.18. The number of imide groups is 1. The summed E-state index contributed by atoms with van der Waals surface area (Å²) in [6, 6.07) is 7.54. The molecule has 144 valence electrons. The van der Waals surface area contributed by atoms with Gasteiger partial charge in [0.1, 0.15) is 6.54 Å². The van der Waals surface area contributed by atoms with E-state index in [2.05, 4.69) is 10.3 Å². The number of hydrogen-bond acceptors (Lipinski definition) is 4. The van der Waals surface area contributed by atoms with E-state index in [9.17, 15) is 14.4 Å². The lowest BCUT2D eigenvalue weighted by Crippen LogP contribution is -2.41. The van der Waals surface area contributed by atoms with Gasteiger partial charge in [-0.25, -0.2) is 4.98 Å². The first-order valence-corrected chi connectivity index (χ1v) is 9.42. The van der Waals surface area contributed by atoms with Crippen LogP contribution >= 0.6 is 0 Å². The molecular weight excluding hydrogens is 356 g/mol. The topological polar surface area (TPSA) is 84.3 Å². The Bertz CT molecular complexity index is 892. The molecule has 7 nitrogen and oxygen atoms in total. The van der Waals surface area contributed by atoms with E-state index in [0.717, 1.165) is 16.2 Å². The van der Waals surface area contributed by atoms with Gasteiger partial charge in [-0.1, -0.05) is 24.3 Å². The van der Waals surface area contributed by atoms with Crippen molar-refractivity contribution >= 4 is 17.7 Å². The van der Waals surface area contributed by atoms with Crippen LogP contribution in [0.2, 0.25) is 0 Å². The Morgan fingerprint density at radius 3 is 2.36 bits per heavy atom. The van der Waals surface area contributed by atoms with E-state index in [4.69, 9.17) is 0 Å². The number of hydrogen-bond donors (Lipinski definition) is 1. The second-order valence-electron chi connectivity index (χ2n) is 7.27. The van der Waals surface area contributed by atoms with Crippen molar-refractivity contribution in [3.8, 4) is 5.69 Å². The maximum absolute atomic E-state index is 12.5. The van der Waals surface area contributed by atoms with Crippen molar-refractivity contribution in [2.75, 3.05) is 6.54 Å². The molecule has 0 unspecified atom stereocenters. The summed E-state index contributed by atoms with van der Waals surface area (Å²) in [7, 11) is 0. The highest BCUT2D eigenvalue weighted by atomic mass is 16.2. The maximum Gasteiger partial charge on any atom is 0.240 e. The standard InChI is InChI=1S/C21H22N4O3/c1-14(15-6-8-16(9-7-15)24-11-10-22-13-24)23-19(26)12-25-20(27)17-4-2-3-5-18(17)21(25)28/h2-3,6-11,13-14,17-18H,4-5,12H2,1H3,(H,23,26)/t14-,17-,18+/m1/s1. The third kappa shape index (κ3) is 3.35. The summed E-state index contributed by atoms with van der Waals surface area (Å²) in [4.78, 5) is 42.5.